The lowest BCUT2D eigenvalue weighted by molar-refractivity contribution is -0.144. The van der Waals surface area contributed by atoms with Crippen molar-refractivity contribution in [1.29, 1.82) is 0 Å². The molecule has 1 aromatic carbocycles. The van der Waals surface area contributed by atoms with Crippen LogP contribution in [0.4, 0.5) is 0 Å². The Balaban J connectivity index is 1.68. The van der Waals surface area contributed by atoms with Crippen LogP contribution in [0.5, 0.6) is 0 Å². The molecule has 0 aromatic heterocycles. The molecule has 1 atom stereocenters. The highest BCUT2D eigenvalue weighted by molar-refractivity contribution is 5.73. The van der Waals surface area contributed by atoms with E-state index >= 15 is 0 Å². The molecule has 0 bridgehead atoms. The molecule has 0 amide bonds. The van der Waals surface area contributed by atoms with E-state index in [0.29, 0.717) is 6.42 Å². The Morgan fingerprint density at radius 3 is 2.57 bits per heavy atom. The van der Waals surface area contributed by atoms with E-state index in [1.165, 1.54) is 5.56 Å². The van der Waals surface area contributed by atoms with Gasteiger partial charge in [-0.1, -0.05) is 37.3 Å². The maximum atomic E-state index is 11.2. The first-order valence-electron chi connectivity index (χ1n) is 7.83. The van der Waals surface area contributed by atoms with E-state index in [-0.39, 0.29) is 12.1 Å². The maximum Gasteiger partial charge on any atom is 0.320 e. The van der Waals surface area contributed by atoms with Gasteiger partial charge in [-0.05, 0) is 31.2 Å². The minimum Gasteiger partial charge on any atom is -0.480 e. The second-order valence-electron chi connectivity index (χ2n) is 5.60. The number of carboxylic acid groups (broad SMARTS) is 1. The van der Waals surface area contributed by atoms with Crippen molar-refractivity contribution in [3.63, 3.8) is 0 Å². The van der Waals surface area contributed by atoms with E-state index in [1.807, 2.05) is 25.1 Å². The molecule has 1 saturated heterocycles. The minimum absolute atomic E-state index is 0.274. The first-order valence-corrected chi connectivity index (χ1v) is 7.83. The highest BCUT2D eigenvalue weighted by Gasteiger charge is 2.28. The minimum atomic E-state index is -0.707. The van der Waals surface area contributed by atoms with E-state index in [2.05, 4.69) is 17.0 Å². The zero-order chi connectivity index (χ0) is 15.1. The molecule has 1 unspecified atom stereocenters. The van der Waals surface area contributed by atoms with Crippen molar-refractivity contribution < 1.29 is 14.6 Å². The highest BCUT2D eigenvalue weighted by atomic mass is 16.5. The molecule has 1 aliphatic rings. The number of piperidine rings is 1. The summed E-state index contributed by atoms with van der Waals surface area (Å²) in [6.07, 6.45) is 3.73. The van der Waals surface area contributed by atoms with E-state index in [4.69, 9.17) is 4.74 Å². The number of hydrogen-bond donors (Lipinski definition) is 1. The van der Waals surface area contributed by atoms with Crippen LogP contribution in [0.3, 0.4) is 0 Å². The Bertz CT molecular complexity index is 427. The summed E-state index contributed by atoms with van der Waals surface area (Å²) < 4.78 is 5.93. The summed E-state index contributed by atoms with van der Waals surface area (Å²) in [4.78, 5) is 13.2. The Kier molecular flexibility index (Phi) is 6.21. The molecule has 1 aromatic rings. The Morgan fingerprint density at radius 2 is 2.00 bits per heavy atom. The lowest BCUT2D eigenvalue weighted by atomic mass is 10.0. The summed E-state index contributed by atoms with van der Waals surface area (Å²) in [6.45, 7) is 4.31. The summed E-state index contributed by atoms with van der Waals surface area (Å²) >= 11 is 0. The number of nitrogens with zero attached hydrogens (tertiary/aromatic N) is 1. The molecule has 0 saturated carbocycles. The van der Waals surface area contributed by atoms with Crippen molar-refractivity contribution in [3.8, 4) is 0 Å². The van der Waals surface area contributed by atoms with Gasteiger partial charge in [0.25, 0.3) is 0 Å². The second-order valence-corrected chi connectivity index (χ2v) is 5.60. The first kappa shape index (κ1) is 16.0. The van der Waals surface area contributed by atoms with Gasteiger partial charge in [0.05, 0.1) is 12.7 Å². The van der Waals surface area contributed by atoms with Gasteiger partial charge in [0.15, 0.2) is 0 Å². The molecule has 21 heavy (non-hydrogen) atoms. The maximum absolute atomic E-state index is 11.2. The first-order chi connectivity index (χ1) is 10.2. The molecule has 0 aliphatic carbocycles. The average Bonchev–Trinajstić information content (AvgIpc) is 2.50. The van der Waals surface area contributed by atoms with Crippen molar-refractivity contribution >= 4 is 5.97 Å². The number of rotatable bonds is 7. The fourth-order valence-electron chi connectivity index (χ4n) is 2.93. The standard InChI is InChI=1S/C17H25NO3/c1-2-16(17(19)20)18-11-8-15(9-12-18)21-13-10-14-6-4-3-5-7-14/h3-7,15-16H,2,8-13H2,1H3,(H,19,20). The second kappa shape index (κ2) is 8.15. The number of benzene rings is 1. The third-order valence-electron chi connectivity index (χ3n) is 4.18. The molecule has 1 fully saturated rings. The quantitative estimate of drug-likeness (QED) is 0.839. The van der Waals surface area contributed by atoms with Crippen molar-refractivity contribution in [3.05, 3.63) is 35.9 Å². The molecule has 1 heterocycles. The molecule has 116 valence electrons. The zero-order valence-electron chi connectivity index (χ0n) is 12.7. The Morgan fingerprint density at radius 1 is 1.33 bits per heavy atom. The number of carboxylic acids is 1. The molecule has 0 radical (unpaired) electrons. The van der Waals surface area contributed by atoms with Crippen LogP contribution < -0.4 is 0 Å². The van der Waals surface area contributed by atoms with Crippen LogP contribution in [-0.2, 0) is 16.0 Å². The number of likely N-dealkylation sites (tertiary alicyclic amines) is 1. The van der Waals surface area contributed by atoms with Crippen LogP contribution >= 0.6 is 0 Å². The van der Waals surface area contributed by atoms with Gasteiger partial charge in [-0.15, -0.1) is 0 Å². The summed E-state index contributed by atoms with van der Waals surface area (Å²) in [5, 5.41) is 9.19. The predicted molar refractivity (Wildman–Crippen MR) is 82.4 cm³/mol. The average molecular weight is 291 g/mol. The zero-order valence-corrected chi connectivity index (χ0v) is 12.7. The molecule has 0 spiro atoms. The van der Waals surface area contributed by atoms with Crippen LogP contribution in [0, 0.1) is 0 Å². The fraction of sp³-hybridized carbons (Fsp3) is 0.588. The van der Waals surface area contributed by atoms with Gasteiger partial charge in [-0.25, -0.2) is 0 Å². The van der Waals surface area contributed by atoms with Gasteiger partial charge >= 0.3 is 5.97 Å². The van der Waals surface area contributed by atoms with Gasteiger partial charge in [0.2, 0.25) is 0 Å². The normalized spacial score (nSPS) is 18.5. The van der Waals surface area contributed by atoms with E-state index < -0.39 is 5.97 Å². The molecule has 4 heteroatoms. The molecular weight excluding hydrogens is 266 g/mol. The van der Waals surface area contributed by atoms with Gasteiger partial charge in [-0.3, -0.25) is 9.69 Å². The fourth-order valence-corrected chi connectivity index (χ4v) is 2.93. The number of carbonyl (C=O) groups is 1. The Hall–Kier alpha value is -1.39. The third-order valence-corrected chi connectivity index (χ3v) is 4.18. The predicted octanol–water partition coefficient (Wildman–Crippen LogP) is 2.57. The van der Waals surface area contributed by atoms with Gasteiger partial charge in [-0.2, -0.15) is 0 Å². The van der Waals surface area contributed by atoms with E-state index in [9.17, 15) is 9.90 Å². The molecule has 1 N–H and O–H groups in total. The van der Waals surface area contributed by atoms with Gasteiger partial charge < -0.3 is 9.84 Å². The summed E-state index contributed by atoms with van der Waals surface area (Å²) in [5.74, 6) is -0.707. The molecular formula is C17H25NO3. The van der Waals surface area contributed by atoms with Crippen molar-refractivity contribution in [1.82, 2.24) is 4.90 Å². The monoisotopic (exact) mass is 291 g/mol. The van der Waals surface area contributed by atoms with Crippen LogP contribution in [-0.4, -0.2) is 47.8 Å². The van der Waals surface area contributed by atoms with E-state index in [1.54, 1.807) is 0 Å². The molecule has 2 rings (SSSR count). The largest absolute Gasteiger partial charge is 0.480 e. The van der Waals surface area contributed by atoms with Crippen LogP contribution in [0.15, 0.2) is 30.3 Å². The lowest BCUT2D eigenvalue weighted by Crippen LogP contribution is -2.46. The van der Waals surface area contributed by atoms with Gasteiger partial charge in [0, 0.05) is 13.1 Å². The summed E-state index contributed by atoms with van der Waals surface area (Å²) in [5.41, 5.74) is 1.30. The van der Waals surface area contributed by atoms with E-state index in [0.717, 1.165) is 39.0 Å². The van der Waals surface area contributed by atoms with Crippen LogP contribution in [0.1, 0.15) is 31.7 Å². The third kappa shape index (κ3) is 4.83. The number of ether oxygens (including phenoxy) is 1. The van der Waals surface area contributed by atoms with Gasteiger partial charge in [0.1, 0.15) is 6.04 Å². The lowest BCUT2D eigenvalue weighted by Gasteiger charge is -2.35. The summed E-state index contributed by atoms with van der Waals surface area (Å²) in [6, 6.07) is 10.0. The van der Waals surface area contributed by atoms with Crippen molar-refractivity contribution in [2.45, 2.75) is 44.8 Å². The van der Waals surface area contributed by atoms with Crippen LogP contribution in [0.2, 0.25) is 0 Å². The van der Waals surface area contributed by atoms with Crippen molar-refractivity contribution in [2.24, 2.45) is 0 Å². The SMILES string of the molecule is CCC(C(=O)O)N1CCC(OCCc2ccccc2)CC1. The summed E-state index contributed by atoms with van der Waals surface area (Å²) in [7, 11) is 0. The molecule has 1 aliphatic heterocycles. The number of hydrogen-bond acceptors (Lipinski definition) is 3. The highest BCUT2D eigenvalue weighted by Crippen LogP contribution is 2.18. The topological polar surface area (TPSA) is 49.8 Å². The molecule has 4 nitrogen and oxygen atoms in total. The number of aliphatic carboxylic acids is 1. The smallest absolute Gasteiger partial charge is 0.320 e. The Labute approximate surface area is 126 Å². The van der Waals surface area contributed by atoms with Crippen LogP contribution in [0.25, 0.3) is 0 Å². The van der Waals surface area contributed by atoms with Crippen molar-refractivity contribution in [2.75, 3.05) is 19.7 Å².